The van der Waals surface area contributed by atoms with Gasteiger partial charge in [-0.15, -0.1) is 0 Å². The molecule has 4 rings (SSSR count). The zero-order valence-corrected chi connectivity index (χ0v) is 19.8. The molecule has 2 aromatic heterocycles. The van der Waals surface area contributed by atoms with Crippen LogP contribution >= 0.6 is 11.8 Å². The summed E-state index contributed by atoms with van der Waals surface area (Å²) in [5.41, 5.74) is 3.47. The Kier molecular flexibility index (Phi) is 7.00. The number of hydrogen-bond acceptors (Lipinski definition) is 5. The van der Waals surface area contributed by atoms with Gasteiger partial charge in [-0.1, -0.05) is 42.1 Å². The molecule has 33 heavy (non-hydrogen) atoms. The number of thioether (sulfide) groups is 1. The van der Waals surface area contributed by atoms with Crippen LogP contribution in [0.1, 0.15) is 12.1 Å². The molecular weight excluding hydrogens is 438 g/mol. The molecule has 0 saturated carbocycles. The minimum atomic E-state index is -0.247. The zero-order chi connectivity index (χ0) is 23.4. The number of anilines is 1. The van der Waals surface area contributed by atoms with Crippen LogP contribution in [-0.4, -0.2) is 44.3 Å². The molecule has 1 N–H and O–H groups in total. The van der Waals surface area contributed by atoms with Crippen molar-refractivity contribution in [2.75, 3.05) is 24.8 Å². The number of ether oxygens (including phenoxy) is 1. The first-order valence-corrected chi connectivity index (χ1v) is 11.7. The molecule has 4 aromatic rings. The maximum atomic E-state index is 13.0. The average Bonchev–Trinajstić information content (AvgIpc) is 3.27. The van der Waals surface area contributed by atoms with Crippen molar-refractivity contribution in [2.24, 2.45) is 7.05 Å². The van der Waals surface area contributed by atoms with Crippen LogP contribution in [0.3, 0.4) is 0 Å². The maximum Gasteiger partial charge on any atom is 0.295 e. The number of carbonyl (C=O) groups is 1. The molecule has 0 fully saturated rings. The molecule has 9 heteroatoms. The van der Waals surface area contributed by atoms with E-state index < -0.39 is 0 Å². The number of fused-ring (bicyclic) bond motifs is 1. The van der Waals surface area contributed by atoms with E-state index in [1.807, 2.05) is 61.5 Å². The Morgan fingerprint density at radius 1 is 1.12 bits per heavy atom. The van der Waals surface area contributed by atoms with Crippen molar-refractivity contribution >= 4 is 34.4 Å². The van der Waals surface area contributed by atoms with E-state index in [2.05, 4.69) is 9.88 Å². The third-order valence-corrected chi connectivity index (χ3v) is 6.50. The van der Waals surface area contributed by atoms with Crippen LogP contribution in [-0.2, 0) is 23.1 Å². The summed E-state index contributed by atoms with van der Waals surface area (Å²) in [6, 6.07) is 17.3. The highest BCUT2D eigenvalue weighted by Gasteiger charge is 2.18. The highest BCUT2D eigenvalue weighted by Crippen LogP contribution is 2.25. The van der Waals surface area contributed by atoms with Gasteiger partial charge in [-0.25, -0.2) is 9.67 Å². The second-order valence-corrected chi connectivity index (χ2v) is 8.67. The van der Waals surface area contributed by atoms with Crippen LogP contribution in [0.4, 0.5) is 5.69 Å². The van der Waals surface area contributed by atoms with Gasteiger partial charge in [-0.05, 0) is 31.2 Å². The van der Waals surface area contributed by atoms with E-state index in [0.717, 1.165) is 21.9 Å². The number of nitrogens with one attached hydrogen (secondary N) is 1. The Morgan fingerprint density at radius 3 is 2.61 bits per heavy atom. The van der Waals surface area contributed by atoms with Crippen LogP contribution < -0.4 is 10.9 Å². The fourth-order valence-electron chi connectivity index (χ4n) is 3.71. The number of methoxy groups -OCH3 is 1. The fourth-order valence-corrected chi connectivity index (χ4v) is 4.69. The Bertz CT molecular complexity index is 1320. The van der Waals surface area contributed by atoms with Crippen LogP contribution in [0.25, 0.3) is 16.7 Å². The number of hydrogen-bond donors (Lipinski definition) is 1. The lowest BCUT2D eigenvalue weighted by atomic mass is 10.3. The minimum Gasteiger partial charge on any atom is -0.383 e. The summed E-state index contributed by atoms with van der Waals surface area (Å²) < 4.78 is 10.7. The van der Waals surface area contributed by atoms with E-state index in [1.165, 1.54) is 11.8 Å². The predicted molar refractivity (Wildman–Crippen MR) is 131 cm³/mol. The normalized spacial score (nSPS) is 11.2. The van der Waals surface area contributed by atoms with Crippen molar-refractivity contribution in [2.45, 2.75) is 25.0 Å². The quantitative estimate of drug-likeness (QED) is 0.382. The van der Waals surface area contributed by atoms with Crippen LogP contribution in [0, 0.1) is 6.92 Å². The molecule has 0 saturated heterocycles. The van der Waals surface area contributed by atoms with Crippen molar-refractivity contribution in [1.82, 2.24) is 18.9 Å². The fraction of sp³-hybridized carbons (Fsp3) is 0.292. The molecule has 0 atom stereocenters. The Hall–Kier alpha value is -3.30. The van der Waals surface area contributed by atoms with Crippen molar-refractivity contribution in [3.63, 3.8) is 0 Å². The zero-order valence-electron chi connectivity index (χ0n) is 18.9. The molecule has 172 valence electrons. The summed E-state index contributed by atoms with van der Waals surface area (Å²) in [7, 11) is 3.48. The second kappa shape index (κ2) is 10.1. The van der Waals surface area contributed by atoms with Crippen LogP contribution in [0.15, 0.2) is 64.5 Å². The number of aromatic nitrogens is 4. The van der Waals surface area contributed by atoms with Crippen LogP contribution in [0.2, 0.25) is 0 Å². The largest absolute Gasteiger partial charge is 0.383 e. The van der Waals surface area contributed by atoms with Gasteiger partial charge in [0.05, 0.1) is 29.0 Å². The van der Waals surface area contributed by atoms with E-state index >= 15 is 0 Å². The molecule has 1 amide bonds. The van der Waals surface area contributed by atoms with Gasteiger partial charge < -0.3 is 14.6 Å². The van der Waals surface area contributed by atoms with Gasteiger partial charge in [0.2, 0.25) is 5.91 Å². The lowest BCUT2D eigenvalue weighted by molar-refractivity contribution is -0.115. The Labute approximate surface area is 196 Å². The van der Waals surface area contributed by atoms with Crippen molar-refractivity contribution in [3.8, 4) is 5.69 Å². The van der Waals surface area contributed by atoms with Gasteiger partial charge >= 0.3 is 0 Å². The van der Waals surface area contributed by atoms with Gasteiger partial charge in [-0.2, -0.15) is 0 Å². The van der Waals surface area contributed by atoms with Gasteiger partial charge in [0.1, 0.15) is 5.69 Å². The third kappa shape index (κ3) is 4.74. The molecule has 0 aliphatic carbocycles. The molecule has 8 nitrogen and oxygen atoms in total. The summed E-state index contributed by atoms with van der Waals surface area (Å²) in [6.45, 7) is 3.09. The van der Waals surface area contributed by atoms with E-state index in [4.69, 9.17) is 9.72 Å². The first-order valence-electron chi connectivity index (χ1n) is 10.7. The number of imidazole rings is 1. The number of nitrogens with zero attached hydrogens (tertiary/aromatic N) is 4. The SMILES string of the molecule is COCCn1c(SCCC(=O)Nc2c(C)n(C)n(-c3ccccc3)c2=O)nc2ccccc21. The van der Waals surface area contributed by atoms with Crippen LogP contribution in [0.5, 0.6) is 0 Å². The number of benzene rings is 2. The molecule has 2 aromatic carbocycles. The summed E-state index contributed by atoms with van der Waals surface area (Å²) in [5, 5.41) is 3.67. The van der Waals surface area contributed by atoms with E-state index in [-0.39, 0.29) is 17.9 Å². The second-order valence-electron chi connectivity index (χ2n) is 7.61. The van der Waals surface area contributed by atoms with Gasteiger partial charge in [0, 0.05) is 32.9 Å². The van der Waals surface area contributed by atoms with E-state index in [1.54, 1.807) is 23.5 Å². The number of rotatable bonds is 9. The smallest absolute Gasteiger partial charge is 0.295 e. The average molecular weight is 466 g/mol. The lowest BCUT2D eigenvalue weighted by Crippen LogP contribution is -2.23. The predicted octanol–water partition coefficient (Wildman–Crippen LogP) is 3.60. The van der Waals surface area contributed by atoms with E-state index in [0.29, 0.717) is 30.3 Å². The molecule has 0 aliphatic rings. The molecule has 0 spiro atoms. The molecular formula is C24H27N5O3S. The highest BCUT2D eigenvalue weighted by molar-refractivity contribution is 7.99. The van der Waals surface area contributed by atoms with Gasteiger partial charge in [0.25, 0.3) is 5.56 Å². The monoisotopic (exact) mass is 465 g/mol. The van der Waals surface area contributed by atoms with Gasteiger partial charge in [0.15, 0.2) is 5.16 Å². The topological polar surface area (TPSA) is 83.1 Å². The minimum absolute atomic E-state index is 0.201. The third-order valence-electron chi connectivity index (χ3n) is 5.52. The number of amides is 1. The number of para-hydroxylation sites is 3. The standard InChI is InChI=1S/C24H27N5O3S/c1-17-22(23(31)29(27(17)2)18-9-5-4-6-10-18)26-21(30)13-16-33-24-25-19-11-7-8-12-20(19)28(24)14-15-32-3/h4-12H,13-16H2,1-3H3,(H,26,30). The number of carbonyl (C=O) groups excluding carboxylic acids is 1. The summed E-state index contributed by atoms with van der Waals surface area (Å²) >= 11 is 1.52. The Balaban J connectivity index is 1.45. The molecule has 0 unspecified atom stereocenters. The summed E-state index contributed by atoms with van der Waals surface area (Å²) in [4.78, 5) is 30.4. The summed E-state index contributed by atoms with van der Waals surface area (Å²) in [6.07, 6.45) is 0.261. The lowest BCUT2D eigenvalue weighted by Gasteiger charge is -2.08. The molecule has 0 radical (unpaired) electrons. The van der Waals surface area contributed by atoms with Crippen molar-refractivity contribution < 1.29 is 9.53 Å². The highest BCUT2D eigenvalue weighted by atomic mass is 32.2. The first-order chi connectivity index (χ1) is 16.0. The maximum absolute atomic E-state index is 13.0. The van der Waals surface area contributed by atoms with Crippen molar-refractivity contribution in [3.05, 3.63) is 70.6 Å². The first kappa shape index (κ1) is 22.9. The van der Waals surface area contributed by atoms with Gasteiger partial charge in [-0.3, -0.25) is 14.3 Å². The van der Waals surface area contributed by atoms with Crippen molar-refractivity contribution in [1.29, 1.82) is 0 Å². The molecule has 2 heterocycles. The summed E-state index contributed by atoms with van der Waals surface area (Å²) in [5.74, 6) is 0.342. The molecule has 0 bridgehead atoms. The van der Waals surface area contributed by atoms with E-state index in [9.17, 15) is 9.59 Å². The molecule has 0 aliphatic heterocycles. The Morgan fingerprint density at radius 2 is 1.85 bits per heavy atom.